The summed E-state index contributed by atoms with van der Waals surface area (Å²) in [5, 5.41) is 3.15. The summed E-state index contributed by atoms with van der Waals surface area (Å²) in [6.45, 7) is 7.13. The first kappa shape index (κ1) is 20.0. The van der Waals surface area contributed by atoms with E-state index < -0.39 is 0 Å². The third-order valence-electron chi connectivity index (χ3n) is 6.38. The van der Waals surface area contributed by atoms with Gasteiger partial charge >= 0.3 is 0 Å². The van der Waals surface area contributed by atoms with Crippen molar-refractivity contribution in [2.24, 2.45) is 17.8 Å². The Morgan fingerprint density at radius 2 is 1.69 bits per heavy atom. The quantitative estimate of drug-likeness (QED) is 0.846. The first-order valence-electron chi connectivity index (χ1n) is 11.0. The number of likely N-dealkylation sites (tertiary alicyclic amines) is 1. The van der Waals surface area contributed by atoms with E-state index in [1.54, 1.807) is 18.2 Å². The number of hydrogen-bond donors (Lipinski definition) is 1. The summed E-state index contributed by atoms with van der Waals surface area (Å²) in [6.07, 6.45) is 4.98. The highest BCUT2D eigenvalue weighted by atomic mass is 16.6. The van der Waals surface area contributed by atoms with E-state index in [9.17, 15) is 9.59 Å². The lowest BCUT2D eigenvalue weighted by Gasteiger charge is -2.40. The minimum atomic E-state index is -0.146. The molecule has 0 bridgehead atoms. The number of hydrogen-bond acceptors (Lipinski definition) is 4. The van der Waals surface area contributed by atoms with Gasteiger partial charge in [0.1, 0.15) is 13.2 Å². The van der Waals surface area contributed by atoms with Crippen molar-refractivity contribution < 1.29 is 19.1 Å². The minimum absolute atomic E-state index is 0.107. The molecule has 6 heteroatoms. The highest BCUT2D eigenvalue weighted by Crippen LogP contribution is 2.32. The van der Waals surface area contributed by atoms with Crippen LogP contribution in [0, 0.1) is 17.8 Å². The molecule has 1 N–H and O–H groups in total. The fourth-order valence-corrected chi connectivity index (χ4v) is 5.11. The van der Waals surface area contributed by atoms with Crippen LogP contribution in [0.1, 0.15) is 56.3 Å². The second-order valence-electron chi connectivity index (χ2n) is 9.02. The number of nitrogens with one attached hydrogen (secondary N) is 1. The Balaban J connectivity index is 1.45. The molecule has 1 aliphatic carbocycles. The Hall–Kier alpha value is -2.24. The van der Waals surface area contributed by atoms with E-state index >= 15 is 0 Å². The molecular formula is C23H32N2O4. The van der Waals surface area contributed by atoms with Crippen LogP contribution in [-0.4, -0.2) is 49.1 Å². The van der Waals surface area contributed by atoms with Gasteiger partial charge < -0.3 is 19.7 Å². The van der Waals surface area contributed by atoms with Gasteiger partial charge in [-0.1, -0.05) is 26.7 Å². The van der Waals surface area contributed by atoms with Crippen molar-refractivity contribution in [1.82, 2.24) is 10.2 Å². The van der Waals surface area contributed by atoms with Crippen LogP contribution in [0.15, 0.2) is 18.2 Å². The van der Waals surface area contributed by atoms with Crippen molar-refractivity contribution in [2.45, 2.75) is 52.0 Å². The van der Waals surface area contributed by atoms with E-state index in [2.05, 4.69) is 19.2 Å². The molecule has 4 unspecified atom stereocenters. The van der Waals surface area contributed by atoms with E-state index in [0.717, 1.165) is 38.8 Å². The highest BCUT2D eigenvalue weighted by Gasteiger charge is 2.37. The Kier molecular flexibility index (Phi) is 5.97. The third kappa shape index (κ3) is 4.51. The first-order valence-corrected chi connectivity index (χ1v) is 11.0. The lowest BCUT2D eigenvalue weighted by atomic mass is 9.82. The summed E-state index contributed by atoms with van der Waals surface area (Å²) in [5.74, 6) is 2.31. The molecule has 6 nitrogen and oxygen atoms in total. The average Bonchev–Trinajstić information content (AvgIpc) is 2.72. The monoisotopic (exact) mass is 400 g/mol. The predicted molar refractivity (Wildman–Crippen MR) is 110 cm³/mol. The van der Waals surface area contributed by atoms with Gasteiger partial charge in [-0.05, 0) is 49.3 Å². The summed E-state index contributed by atoms with van der Waals surface area (Å²) >= 11 is 0. The van der Waals surface area contributed by atoms with Crippen LogP contribution in [0.3, 0.4) is 0 Å². The molecule has 29 heavy (non-hydrogen) atoms. The van der Waals surface area contributed by atoms with Gasteiger partial charge in [-0.2, -0.15) is 0 Å². The number of carbonyl (C=O) groups is 2. The largest absolute Gasteiger partial charge is 0.486 e. The zero-order chi connectivity index (χ0) is 20.4. The fourth-order valence-electron chi connectivity index (χ4n) is 5.11. The Bertz CT molecular complexity index is 755. The van der Waals surface area contributed by atoms with Crippen LogP contribution >= 0.6 is 0 Å². The van der Waals surface area contributed by atoms with Gasteiger partial charge in [-0.25, -0.2) is 0 Å². The molecule has 1 aromatic rings. The van der Waals surface area contributed by atoms with Crippen molar-refractivity contribution in [1.29, 1.82) is 0 Å². The van der Waals surface area contributed by atoms with Gasteiger partial charge in [0.2, 0.25) is 5.91 Å². The molecule has 2 heterocycles. The van der Waals surface area contributed by atoms with Crippen molar-refractivity contribution >= 4 is 11.8 Å². The lowest BCUT2D eigenvalue weighted by molar-refractivity contribution is -0.140. The zero-order valence-electron chi connectivity index (χ0n) is 17.5. The summed E-state index contributed by atoms with van der Waals surface area (Å²) < 4.78 is 11.1. The SMILES string of the molecule is CC1CC(C)CN(C(=O)C2CCCCC2NC(=O)c2ccc3c(c2)OCCO3)C1. The van der Waals surface area contributed by atoms with E-state index in [-0.39, 0.29) is 23.8 Å². The predicted octanol–water partition coefficient (Wildman–Crippen LogP) is 3.25. The van der Waals surface area contributed by atoms with E-state index in [0.29, 0.717) is 42.1 Å². The Morgan fingerprint density at radius 1 is 1.00 bits per heavy atom. The van der Waals surface area contributed by atoms with Gasteiger partial charge in [-0.3, -0.25) is 9.59 Å². The van der Waals surface area contributed by atoms with Gasteiger partial charge in [0.25, 0.3) is 5.91 Å². The standard InChI is InChI=1S/C23H32N2O4/c1-15-11-16(2)14-25(13-15)23(27)18-5-3-4-6-19(18)24-22(26)17-7-8-20-21(12-17)29-10-9-28-20/h7-8,12,15-16,18-19H,3-6,9-11,13-14H2,1-2H3,(H,24,26). The molecule has 2 amide bonds. The maximum absolute atomic E-state index is 13.3. The second kappa shape index (κ2) is 8.64. The smallest absolute Gasteiger partial charge is 0.251 e. The van der Waals surface area contributed by atoms with Crippen molar-refractivity contribution in [3.63, 3.8) is 0 Å². The minimum Gasteiger partial charge on any atom is -0.486 e. The molecule has 0 spiro atoms. The molecule has 3 aliphatic rings. The number of benzene rings is 1. The summed E-state index contributed by atoms with van der Waals surface area (Å²) in [7, 11) is 0. The Morgan fingerprint density at radius 3 is 2.45 bits per heavy atom. The summed E-state index contributed by atoms with van der Waals surface area (Å²) in [4.78, 5) is 28.3. The van der Waals surface area contributed by atoms with Crippen LogP contribution < -0.4 is 14.8 Å². The zero-order valence-corrected chi connectivity index (χ0v) is 17.5. The first-order chi connectivity index (χ1) is 14.0. The van der Waals surface area contributed by atoms with Crippen molar-refractivity contribution in [3.05, 3.63) is 23.8 Å². The molecule has 2 fully saturated rings. The van der Waals surface area contributed by atoms with Crippen LogP contribution in [0.25, 0.3) is 0 Å². The van der Waals surface area contributed by atoms with E-state index in [4.69, 9.17) is 9.47 Å². The normalized spacial score (nSPS) is 29.2. The average molecular weight is 401 g/mol. The summed E-state index contributed by atoms with van der Waals surface area (Å²) in [5.41, 5.74) is 0.547. The van der Waals surface area contributed by atoms with Crippen LogP contribution in [0.5, 0.6) is 11.5 Å². The van der Waals surface area contributed by atoms with Crippen LogP contribution in [-0.2, 0) is 4.79 Å². The highest BCUT2D eigenvalue weighted by molar-refractivity contribution is 5.95. The second-order valence-corrected chi connectivity index (χ2v) is 9.02. The number of carbonyl (C=O) groups excluding carboxylic acids is 2. The fraction of sp³-hybridized carbons (Fsp3) is 0.652. The van der Waals surface area contributed by atoms with Crippen molar-refractivity contribution in [2.75, 3.05) is 26.3 Å². The molecule has 0 aromatic heterocycles. The number of piperidine rings is 1. The molecule has 1 saturated heterocycles. The number of rotatable bonds is 3. The molecule has 1 saturated carbocycles. The topological polar surface area (TPSA) is 67.9 Å². The number of fused-ring (bicyclic) bond motifs is 1. The van der Waals surface area contributed by atoms with E-state index in [1.807, 2.05) is 4.90 Å². The number of amides is 2. The van der Waals surface area contributed by atoms with Gasteiger partial charge in [0.05, 0.1) is 5.92 Å². The number of ether oxygens (including phenoxy) is 2. The molecule has 2 aliphatic heterocycles. The van der Waals surface area contributed by atoms with E-state index in [1.165, 1.54) is 6.42 Å². The number of nitrogens with zero attached hydrogens (tertiary/aromatic N) is 1. The lowest BCUT2D eigenvalue weighted by Crippen LogP contribution is -2.52. The van der Waals surface area contributed by atoms with Gasteiger partial charge in [-0.15, -0.1) is 0 Å². The Labute approximate surface area is 172 Å². The van der Waals surface area contributed by atoms with Crippen molar-refractivity contribution in [3.8, 4) is 11.5 Å². The maximum atomic E-state index is 13.3. The molecule has 4 rings (SSSR count). The molecule has 0 radical (unpaired) electrons. The molecule has 1 aromatic carbocycles. The summed E-state index contributed by atoms with van der Waals surface area (Å²) in [6, 6.07) is 5.17. The van der Waals surface area contributed by atoms with Crippen LogP contribution in [0.2, 0.25) is 0 Å². The maximum Gasteiger partial charge on any atom is 0.251 e. The molecular weight excluding hydrogens is 368 g/mol. The van der Waals surface area contributed by atoms with Gasteiger partial charge in [0, 0.05) is 24.7 Å². The van der Waals surface area contributed by atoms with Crippen LogP contribution in [0.4, 0.5) is 0 Å². The molecule has 4 atom stereocenters. The molecule has 158 valence electrons. The van der Waals surface area contributed by atoms with Gasteiger partial charge in [0.15, 0.2) is 11.5 Å². The third-order valence-corrected chi connectivity index (χ3v) is 6.38.